The van der Waals surface area contributed by atoms with Gasteiger partial charge in [-0.15, -0.1) is 0 Å². The number of nitrogens with zero attached hydrogens (tertiary/aromatic N) is 1. The Balaban J connectivity index is 1.20. The average Bonchev–Trinajstić information content (AvgIpc) is 3.10. The van der Waals surface area contributed by atoms with Crippen LogP contribution in [-0.2, 0) is 4.79 Å². The minimum absolute atomic E-state index is 0.292. The van der Waals surface area contributed by atoms with E-state index < -0.39 is 0 Å². The van der Waals surface area contributed by atoms with Crippen LogP contribution in [0.25, 0.3) is 5.57 Å². The molecule has 1 aromatic rings. The van der Waals surface area contributed by atoms with Gasteiger partial charge in [-0.25, -0.2) is 0 Å². The molecule has 1 amide bonds. The number of carbonyl (C=O) groups is 1. The van der Waals surface area contributed by atoms with Crippen molar-refractivity contribution in [2.24, 2.45) is 34.5 Å². The van der Waals surface area contributed by atoms with Gasteiger partial charge in [0.1, 0.15) is 0 Å². The smallest absolute Gasteiger partial charge is 0.223 e. The molecule has 6 unspecified atom stereocenters. The van der Waals surface area contributed by atoms with Crippen LogP contribution < -0.4 is 5.32 Å². The molecule has 170 valence electrons. The van der Waals surface area contributed by atoms with E-state index in [1.165, 1.54) is 44.1 Å². The third-order valence-corrected chi connectivity index (χ3v) is 10.5. The van der Waals surface area contributed by atoms with Crippen LogP contribution in [0.15, 0.2) is 42.3 Å². The van der Waals surface area contributed by atoms with E-state index in [0.29, 0.717) is 28.7 Å². The van der Waals surface area contributed by atoms with E-state index in [9.17, 15) is 4.79 Å². The molecule has 5 aliphatic rings. The topological polar surface area (TPSA) is 42.0 Å². The van der Waals surface area contributed by atoms with Crippen molar-refractivity contribution in [2.45, 2.75) is 84.1 Å². The lowest BCUT2D eigenvalue weighted by molar-refractivity contribution is -0.128. The normalized spacial score (nSPS) is 40.8. The number of pyridine rings is 1. The fourth-order valence-corrected chi connectivity index (χ4v) is 8.31. The molecular weight excluding hydrogens is 392 g/mol. The van der Waals surface area contributed by atoms with Gasteiger partial charge in [-0.3, -0.25) is 9.78 Å². The van der Waals surface area contributed by atoms with Crippen LogP contribution in [0.3, 0.4) is 0 Å². The van der Waals surface area contributed by atoms with E-state index in [1.807, 2.05) is 6.20 Å². The maximum absolute atomic E-state index is 12.5. The molecule has 0 spiro atoms. The molecular formula is C29H38N2O. The van der Waals surface area contributed by atoms with Crippen LogP contribution in [0.5, 0.6) is 0 Å². The Morgan fingerprint density at radius 2 is 1.88 bits per heavy atom. The van der Waals surface area contributed by atoms with Crippen molar-refractivity contribution >= 4 is 11.5 Å². The Morgan fingerprint density at radius 1 is 1.03 bits per heavy atom. The van der Waals surface area contributed by atoms with Crippen molar-refractivity contribution < 1.29 is 4.79 Å². The zero-order valence-electron chi connectivity index (χ0n) is 19.8. The fourth-order valence-electron chi connectivity index (χ4n) is 8.31. The van der Waals surface area contributed by atoms with Crippen LogP contribution in [0.4, 0.5) is 0 Å². The summed E-state index contributed by atoms with van der Waals surface area (Å²) in [5.74, 6) is 2.96. The molecule has 6 rings (SSSR count). The lowest BCUT2D eigenvalue weighted by Crippen LogP contribution is -2.52. The predicted octanol–water partition coefficient (Wildman–Crippen LogP) is 6.32. The lowest BCUT2D eigenvalue weighted by Gasteiger charge is -2.58. The Kier molecular flexibility index (Phi) is 4.89. The highest BCUT2D eigenvalue weighted by molar-refractivity contribution is 5.79. The third-order valence-electron chi connectivity index (χ3n) is 10.5. The molecule has 3 nitrogen and oxygen atoms in total. The number of amides is 1. The summed E-state index contributed by atoms with van der Waals surface area (Å²) in [5.41, 5.74) is 5.16. The van der Waals surface area contributed by atoms with Crippen molar-refractivity contribution in [1.29, 1.82) is 0 Å². The monoisotopic (exact) mass is 430 g/mol. The summed E-state index contributed by atoms with van der Waals surface area (Å²) in [4.78, 5) is 16.9. The van der Waals surface area contributed by atoms with Crippen molar-refractivity contribution in [3.8, 4) is 0 Å². The first-order chi connectivity index (χ1) is 15.5. The highest BCUT2D eigenvalue weighted by Gasteiger charge is 2.56. The summed E-state index contributed by atoms with van der Waals surface area (Å²) in [6.45, 7) is 5.10. The Labute approximate surface area is 193 Å². The molecule has 6 atom stereocenters. The van der Waals surface area contributed by atoms with E-state index in [0.717, 1.165) is 43.4 Å². The van der Waals surface area contributed by atoms with Gasteiger partial charge >= 0.3 is 0 Å². The second kappa shape index (κ2) is 7.57. The van der Waals surface area contributed by atoms with Crippen LogP contribution in [0, 0.1) is 34.5 Å². The van der Waals surface area contributed by atoms with Crippen LogP contribution >= 0.6 is 0 Å². The summed E-state index contributed by atoms with van der Waals surface area (Å²) in [5, 5.41) is 3.42. The fraction of sp³-hybridized carbons (Fsp3) is 0.655. The van der Waals surface area contributed by atoms with Crippen molar-refractivity contribution in [3.63, 3.8) is 0 Å². The summed E-state index contributed by atoms with van der Waals surface area (Å²) in [6.07, 6.45) is 21.1. The van der Waals surface area contributed by atoms with Crippen molar-refractivity contribution in [3.05, 3.63) is 47.8 Å². The number of nitrogens with one attached hydrogen (secondary N) is 1. The summed E-state index contributed by atoms with van der Waals surface area (Å²) >= 11 is 0. The number of hydrogen-bond donors (Lipinski definition) is 1. The molecule has 0 bridgehead atoms. The first kappa shape index (κ1) is 20.7. The maximum atomic E-state index is 12.5. The standard InChI is InChI=1S/C29H38N2O/c1-28-14-12-22(31-27(32)19-5-3-6-19)17-21(28)8-9-23-25-11-10-24(20-7-4-16-30-18-20)29(25,2)15-13-26(23)28/h4,7-8,10,16,18-19,22-23,25-26H,3,5-6,9,11-15,17H2,1-2H3,(H,31,32). The largest absolute Gasteiger partial charge is 0.353 e. The third kappa shape index (κ3) is 3.06. The quantitative estimate of drug-likeness (QED) is 0.570. The molecule has 0 aromatic carbocycles. The number of hydrogen-bond acceptors (Lipinski definition) is 2. The van der Waals surface area contributed by atoms with Gasteiger partial charge in [0.2, 0.25) is 5.91 Å². The van der Waals surface area contributed by atoms with Gasteiger partial charge in [0, 0.05) is 24.4 Å². The summed E-state index contributed by atoms with van der Waals surface area (Å²) in [6, 6.07) is 4.69. The number of fused-ring (bicyclic) bond motifs is 5. The summed E-state index contributed by atoms with van der Waals surface area (Å²) in [7, 11) is 0. The number of carbonyl (C=O) groups excluding carboxylic acids is 1. The van der Waals surface area contributed by atoms with Crippen LogP contribution in [-0.4, -0.2) is 16.9 Å². The highest BCUT2D eigenvalue weighted by Crippen LogP contribution is 2.66. The molecule has 0 radical (unpaired) electrons. The molecule has 0 aliphatic heterocycles. The lowest BCUT2D eigenvalue weighted by atomic mass is 9.47. The Hall–Kier alpha value is -1.90. The predicted molar refractivity (Wildman–Crippen MR) is 129 cm³/mol. The highest BCUT2D eigenvalue weighted by atomic mass is 16.2. The zero-order valence-corrected chi connectivity index (χ0v) is 19.8. The average molecular weight is 431 g/mol. The number of aromatic nitrogens is 1. The molecule has 5 aliphatic carbocycles. The molecule has 3 fully saturated rings. The molecule has 1 heterocycles. The van der Waals surface area contributed by atoms with E-state index in [4.69, 9.17) is 0 Å². The Morgan fingerprint density at radius 3 is 2.62 bits per heavy atom. The summed E-state index contributed by atoms with van der Waals surface area (Å²) < 4.78 is 0. The molecule has 32 heavy (non-hydrogen) atoms. The van der Waals surface area contributed by atoms with Crippen molar-refractivity contribution in [1.82, 2.24) is 10.3 Å². The van der Waals surface area contributed by atoms with E-state index in [-0.39, 0.29) is 0 Å². The second-order valence-electron chi connectivity index (χ2n) is 11.9. The molecule has 3 heteroatoms. The number of rotatable bonds is 3. The van der Waals surface area contributed by atoms with E-state index in [2.05, 4.69) is 54.6 Å². The van der Waals surface area contributed by atoms with Gasteiger partial charge in [-0.05, 0) is 104 Å². The minimum Gasteiger partial charge on any atom is -0.353 e. The first-order valence-electron chi connectivity index (χ1n) is 13.1. The minimum atomic E-state index is 0.292. The van der Waals surface area contributed by atoms with Gasteiger partial charge in [0.25, 0.3) is 0 Å². The number of allylic oxidation sites excluding steroid dienone is 3. The van der Waals surface area contributed by atoms with Gasteiger partial charge in [0.15, 0.2) is 0 Å². The Bertz CT molecular complexity index is 961. The first-order valence-corrected chi connectivity index (χ1v) is 13.1. The van der Waals surface area contributed by atoms with Crippen LogP contribution in [0.1, 0.15) is 83.6 Å². The van der Waals surface area contributed by atoms with Gasteiger partial charge in [-0.2, -0.15) is 0 Å². The molecule has 0 saturated heterocycles. The molecule has 1 N–H and O–H groups in total. The van der Waals surface area contributed by atoms with E-state index >= 15 is 0 Å². The molecule has 1 aromatic heterocycles. The van der Waals surface area contributed by atoms with Gasteiger partial charge in [0.05, 0.1) is 0 Å². The zero-order chi connectivity index (χ0) is 21.9. The van der Waals surface area contributed by atoms with Crippen LogP contribution in [0.2, 0.25) is 0 Å². The molecule has 3 saturated carbocycles. The van der Waals surface area contributed by atoms with Gasteiger partial charge in [-0.1, -0.05) is 44.1 Å². The van der Waals surface area contributed by atoms with Gasteiger partial charge < -0.3 is 5.32 Å². The van der Waals surface area contributed by atoms with E-state index in [1.54, 1.807) is 11.1 Å². The second-order valence-corrected chi connectivity index (χ2v) is 11.9. The maximum Gasteiger partial charge on any atom is 0.223 e. The SMILES string of the molecule is CC12CCC(NC(=O)C3CCC3)CC1=CCC1C2CCC2(C)C(c3cccnc3)=CCC12. The van der Waals surface area contributed by atoms with Crippen molar-refractivity contribution in [2.75, 3.05) is 0 Å².